The summed E-state index contributed by atoms with van der Waals surface area (Å²) in [7, 11) is 1.70. The molecule has 1 saturated heterocycles. The number of rotatable bonds is 3. The first-order valence-electron chi connectivity index (χ1n) is 6.28. The Hall–Kier alpha value is -0.770. The van der Waals surface area contributed by atoms with Crippen LogP contribution in [0.3, 0.4) is 0 Å². The van der Waals surface area contributed by atoms with Crippen LogP contribution >= 0.6 is 12.4 Å². The van der Waals surface area contributed by atoms with Gasteiger partial charge in [0.25, 0.3) is 0 Å². The molecule has 0 saturated carbocycles. The number of hydrogen-bond acceptors (Lipinski definition) is 3. The molecule has 0 aromatic heterocycles. The second-order valence-electron chi connectivity index (χ2n) is 5.01. The first-order valence-corrected chi connectivity index (χ1v) is 6.28. The number of nitrogens with one attached hydrogen (secondary N) is 1. The summed E-state index contributed by atoms with van der Waals surface area (Å²) in [4.78, 5) is 2.51. The fourth-order valence-electron chi connectivity index (χ4n) is 2.56. The number of nitrogens with zero attached hydrogens (tertiary/aromatic N) is 1. The van der Waals surface area contributed by atoms with Gasteiger partial charge in [-0.2, -0.15) is 0 Å². The molecule has 1 heterocycles. The maximum atomic E-state index is 5.17. The zero-order chi connectivity index (χ0) is 12.3. The lowest BCUT2D eigenvalue weighted by atomic mass is 10.1. The Morgan fingerprint density at radius 2 is 1.72 bits per heavy atom. The lowest BCUT2D eigenvalue weighted by Gasteiger charge is -2.36. The Labute approximate surface area is 116 Å². The standard InChI is InChI=1S/C14H22N2O.ClH/c1-11-8-16(9-12(2)15-11)10-13-4-6-14(17-3)7-5-13;/h4-7,11-12,15H,8-10H2,1-3H3;1H. The van der Waals surface area contributed by atoms with Crippen molar-refractivity contribution >= 4 is 12.4 Å². The van der Waals surface area contributed by atoms with Crippen molar-refractivity contribution in [1.29, 1.82) is 0 Å². The van der Waals surface area contributed by atoms with Crippen molar-refractivity contribution in [2.24, 2.45) is 0 Å². The molecule has 0 radical (unpaired) electrons. The molecular weight excluding hydrogens is 248 g/mol. The second-order valence-corrected chi connectivity index (χ2v) is 5.01. The third-order valence-corrected chi connectivity index (χ3v) is 3.20. The van der Waals surface area contributed by atoms with E-state index < -0.39 is 0 Å². The van der Waals surface area contributed by atoms with Gasteiger partial charge in [-0.1, -0.05) is 12.1 Å². The summed E-state index contributed by atoms with van der Waals surface area (Å²) in [6.07, 6.45) is 0. The topological polar surface area (TPSA) is 24.5 Å². The number of halogens is 1. The van der Waals surface area contributed by atoms with Crippen LogP contribution in [0, 0.1) is 0 Å². The molecule has 102 valence electrons. The summed E-state index contributed by atoms with van der Waals surface area (Å²) in [5.74, 6) is 0.927. The molecule has 3 nitrogen and oxygen atoms in total. The van der Waals surface area contributed by atoms with Crippen LogP contribution in [0.1, 0.15) is 19.4 Å². The molecule has 0 amide bonds. The minimum Gasteiger partial charge on any atom is -0.497 e. The van der Waals surface area contributed by atoms with Crippen LogP contribution in [0.4, 0.5) is 0 Å². The summed E-state index contributed by atoms with van der Waals surface area (Å²) in [5.41, 5.74) is 1.35. The molecule has 2 atom stereocenters. The van der Waals surface area contributed by atoms with Crippen LogP contribution in [0.15, 0.2) is 24.3 Å². The monoisotopic (exact) mass is 270 g/mol. The highest BCUT2D eigenvalue weighted by atomic mass is 35.5. The van der Waals surface area contributed by atoms with Crippen LogP contribution in [-0.4, -0.2) is 37.2 Å². The van der Waals surface area contributed by atoms with Crippen molar-refractivity contribution in [1.82, 2.24) is 10.2 Å². The van der Waals surface area contributed by atoms with E-state index in [2.05, 4.69) is 36.2 Å². The third-order valence-electron chi connectivity index (χ3n) is 3.20. The van der Waals surface area contributed by atoms with E-state index in [-0.39, 0.29) is 12.4 Å². The molecule has 1 N–H and O–H groups in total. The van der Waals surface area contributed by atoms with E-state index in [4.69, 9.17) is 4.74 Å². The summed E-state index contributed by atoms with van der Waals surface area (Å²) in [6, 6.07) is 9.52. The fourth-order valence-corrected chi connectivity index (χ4v) is 2.56. The minimum absolute atomic E-state index is 0. The lowest BCUT2D eigenvalue weighted by Crippen LogP contribution is -2.53. The van der Waals surface area contributed by atoms with E-state index in [0.29, 0.717) is 12.1 Å². The Kier molecular flexibility index (Phi) is 5.93. The van der Waals surface area contributed by atoms with E-state index in [1.54, 1.807) is 7.11 Å². The number of ether oxygens (including phenoxy) is 1. The number of hydrogen-bond donors (Lipinski definition) is 1. The van der Waals surface area contributed by atoms with Gasteiger partial charge in [-0.25, -0.2) is 0 Å². The molecule has 0 spiro atoms. The van der Waals surface area contributed by atoms with Gasteiger partial charge in [0.1, 0.15) is 5.75 Å². The van der Waals surface area contributed by atoms with Crippen molar-refractivity contribution in [2.45, 2.75) is 32.5 Å². The highest BCUT2D eigenvalue weighted by molar-refractivity contribution is 5.85. The molecular formula is C14H23ClN2O. The minimum atomic E-state index is 0. The molecule has 0 aliphatic carbocycles. The smallest absolute Gasteiger partial charge is 0.118 e. The predicted molar refractivity (Wildman–Crippen MR) is 77.6 cm³/mol. The second kappa shape index (κ2) is 6.98. The molecule has 1 aromatic rings. The summed E-state index contributed by atoms with van der Waals surface area (Å²) < 4.78 is 5.17. The summed E-state index contributed by atoms with van der Waals surface area (Å²) in [6.45, 7) is 7.76. The molecule has 2 rings (SSSR count). The van der Waals surface area contributed by atoms with Gasteiger partial charge in [0, 0.05) is 31.7 Å². The van der Waals surface area contributed by atoms with Crippen LogP contribution in [0.5, 0.6) is 5.75 Å². The van der Waals surface area contributed by atoms with Gasteiger partial charge in [-0.05, 0) is 31.5 Å². The van der Waals surface area contributed by atoms with Crippen LogP contribution in [0.2, 0.25) is 0 Å². The Morgan fingerprint density at radius 3 is 2.22 bits per heavy atom. The van der Waals surface area contributed by atoms with Crippen molar-refractivity contribution in [3.8, 4) is 5.75 Å². The van der Waals surface area contributed by atoms with E-state index in [1.165, 1.54) is 5.56 Å². The maximum Gasteiger partial charge on any atom is 0.118 e. The highest BCUT2D eigenvalue weighted by Crippen LogP contribution is 2.14. The Bertz CT molecular complexity index is 345. The average Bonchev–Trinajstić information content (AvgIpc) is 2.28. The average molecular weight is 271 g/mol. The van der Waals surface area contributed by atoms with Crippen molar-refractivity contribution < 1.29 is 4.74 Å². The summed E-state index contributed by atoms with van der Waals surface area (Å²) in [5, 5.41) is 3.55. The van der Waals surface area contributed by atoms with E-state index in [1.807, 2.05) is 12.1 Å². The Balaban J connectivity index is 0.00000162. The molecule has 2 unspecified atom stereocenters. The van der Waals surface area contributed by atoms with Crippen LogP contribution in [-0.2, 0) is 6.54 Å². The highest BCUT2D eigenvalue weighted by Gasteiger charge is 2.20. The molecule has 0 bridgehead atoms. The van der Waals surface area contributed by atoms with Gasteiger partial charge in [0.2, 0.25) is 0 Å². The zero-order valence-electron chi connectivity index (χ0n) is 11.3. The molecule has 4 heteroatoms. The van der Waals surface area contributed by atoms with Crippen LogP contribution < -0.4 is 10.1 Å². The largest absolute Gasteiger partial charge is 0.497 e. The predicted octanol–water partition coefficient (Wildman–Crippen LogP) is 2.30. The van der Waals surface area contributed by atoms with Crippen molar-refractivity contribution in [2.75, 3.05) is 20.2 Å². The normalized spacial score (nSPS) is 24.4. The van der Waals surface area contributed by atoms with Gasteiger partial charge in [-0.3, -0.25) is 4.90 Å². The van der Waals surface area contributed by atoms with Crippen molar-refractivity contribution in [3.63, 3.8) is 0 Å². The number of methoxy groups -OCH3 is 1. The zero-order valence-corrected chi connectivity index (χ0v) is 12.2. The number of benzene rings is 1. The number of piperazine rings is 1. The van der Waals surface area contributed by atoms with Gasteiger partial charge in [0.15, 0.2) is 0 Å². The third kappa shape index (κ3) is 4.16. The molecule has 1 aliphatic heterocycles. The Morgan fingerprint density at radius 1 is 1.17 bits per heavy atom. The molecule has 18 heavy (non-hydrogen) atoms. The van der Waals surface area contributed by atoms with Gasteiger partial charge in [0.05, 0.1) is 7.11 Å². The van der Waals surface area contributed by atoms with Gasteiger partial charge in [-0.15, -0.1) is 12.4 Å². The fraction of sp³-hybridized carbons (Fsp3) is 0.571. The van der Waals surface area contributed by atoms with Gasteiger partial charge < -0.3 is 10.1 Å². The van der Waals surface area contributed by atoms with Gasteiger partial charge >= 0.3 is 0 Å². The first kappa shape index (κ1) is 15.3. The van der Waals surface area contributed by atoms with E-state index in [9.17, 15) is 0 Å². The van der Waals surface area contributed by atoms with Crippen LogP contribution in [0.25, 0.3) is 0 Å². The molecule has 1 aliphatic rings. The SMILES string of the molecule is COc1ccc(CN2CC(C)NC(C)C2)cc1.Cl. The molecule has 1 aromatic carbocycles. The first-order chi connectivity index (χ1) is 8.17. The summed E-state index contributed by atoms with van der Waals surface area (Å²) >= 11 is 0. The van der Waals surface area contributed by atoms with E-state index >= 15 is 0 Å². The maximum absolute atomic E-state index is 5.17. The lowest BCUT2D eigenvalue weighted by molar-refractivity contribution is 0.166. The van der Waals surface area contributed by atoms with E-state index in [0.717, 1.165) is 25.4 Å². The van der Waals surface area contributed by atoms with Crippen molar-refractivity contribution in [3.05, 3.63) is 29.8 Å². The quantitative estimate of drug-likeness (QED) is 0.912. The molecule has 1 fully saturated rings.